The second-order valence-electron chi connectivity index (χ2n) is 9.22. The van der Waals surface area contributed by atoms with E-state index < -0.39 is 0 Å². The number of hydrogen-bond acceptors (Lipinski definition) is 8. The fourth-order valence-electron chi connectivity index (χ4n) is 4.65. The molecule has 0 saturated carbocycles. The van der Waals surface area contributed by atoms with Gasteiger partial charge in [0.15, 0.2) is 5.13 Å². The number of carbonyl (C=O) groups is 1. The first kappa shape index (κ1) is 23.6. The van der Waals surface area contributed by atoms with Gasteiger partial charge < -0.3 is 15.5 Å². The highest BCUT2D eigenvalue weighted by Crippen LogP contribution is 2.27. The maximum atomic E-state index is 12.7. The molecular weight excluding hydrogens is 434 g/mol. The van der Waals surface area contributed by atoms with Crippen LogP contribution in [0.4, 0.5) is 10.9 Å². The second kappa shape index (κ2) is 11.1. The van der Waals surface area contributed by atoms with Crippen LogP contribution in [-0.2, 0) is 0 Å². The van der Waals surface area contributed by atoms with Gasteiger partial charge >= 0.3 is 0 Å². The Balaban J connectivity index is 1.33. The summed E-state index contributed by atoms with van der Waals surface area (Å²) >= 11 is 1.41. The number of thiazole rings is 1. The van der Waals surface area contributed by atoms with Crippen LogP contribution in [0.15, 0.2) is 23.6 Å². The molecule has 2 aromatic heterocycles. The molecule has 8 nitrogen and oxygen atoms in total. The average molecular weight is 468 g/mol. The molecule has 0 spiro atoms. The van der Waals surface area contributed by atoms with Crippen molar-refractivity contribution in [2.75, 3.05) is 38.0 Å². The third-order valence-electron chi connectivity index (χ3n) is 6.56. The SMILES string of the molecule is CC(C)N1CCC(NC(=O)c2csc(Nc3cccc([C@@H]4CCCN(CC#N)C4)n3)n2)CC1. The van der Waals surface area contributed by atoms with Crippen molar-refractivity contribution in [3.8, 4) is 6.07 Å². The number of aromatic nitrogens is 2. The van der Waals surface area contributed by atoms with E-state index in [1.54, 1.807) is 5.38 Å². The number of hydrogen-bond donors (Lipinski definition) is 2. The summed E-state index contributed by atoms with van der Waals surface area (Å²) in [7, 11) is 0. The van der Waals surface area contributed by atoms with Crippen molar-refractivity contribution in [2.45, 2.75) is 57.5 Å². The van der Waals surface area contributed by atoms with Crippen LogP contribution in [0, 0.1) is 11.3 Å². The minimum atomic E-state index is -0.108. The first-order valence-electron chi connectivity index (χ1n) is 11.9. The predicted octanol–water partition coefficient (Wildman–Crippen LogP) is 3.59. The van der Waals surface area contributed by atoms with Gasteiger partial charge in [-0.2, -0.15) is 5.26 Å². The van der Waals surface area contributed by atoms with Crippen LogP contribution >= 0.6 is 11.3 Å². The van der Waals surface area contributed by atoms with Crippen LogP contribution in [0.5, 0.6) is 0 Å². The molecule has 0 unspecified atom stereocenters. The van der Waals surface area contributed by atoms with Crippen molar-refractivity contribution in [1.82, 2.24) is 25.1 Å². The van der Waals surface area contributed by atoms with Gasteiger partial charge in [0.05, 0.1) is 12.6 Å². The lowest BCUT2D eigenvalue weighted by Gasteiger charge is -2.34. The van der Waals surface area contributed by atoms with Crippen molar-refractivity contribution >= 4 is 28.2 Å². The van der Waals surface area contributed by atoms with Gasteiger partial charge in [0.25, 0.3) is 5.91 Å². The molecule has 4 rings (SSSR count). The van der Waals surface area contributed by atoms with E-state index in [1.807, 2.05) is 12.1 Å². The highest BCUT2D eigenvalue weighted by atomic mass is 32.1. The topological polar surface area (TPSA) is 97.2 Å². The number of anilines is 2. The summed E-state index contributed by atoms with van der Waals surface area (Å²) in [6.07, 6.45) is 4.11. The van der Waals surface area contributed by atoms with E-state index in [9.17, 15) is 4.79 Å². The van der Waals surface area contributed by atoms with Crippen molar-refractivity contribution in [3.63, 3.8) is 0 Å². The Labute approximate surface area is 200 Å². The summed E-state index contributed by atoms with van der Waals surface area (Å²) in [4.78, 5) is 26.6. The zero-order chi connectivity index (χ0) is 23.2. The highest BCUT2D eigenvalue weighted by molar-refractivity contribution is 7.14. The summed E-state index contributed by atoms with van der Waals surface area (Å²) in [5, 5.41) is 17.9. The minimum Gasteiger partial charge on any atom is -0.348 e. The smallest absolute Gasteiger partial charge is 0.271 e. The summed E-state index contributed by atoms with van der Waals surface area (Å²) in [6.45, 7) is 8.77. The molecule has 2 aromatic rings. The van der Waals surface area contributed by atoms with Crippen LogP contribution < -0.4 is 10.6 Å². The lowest BCUT2D eigenvalue weighted by atomic mass is 9.94. The highest BCUT2D eigenvalue weighted by Gasteiger charge is 2.24. The molecule has 1 atom stereocenters. The standard InChI is InChI=1S/C24H33N7OS/c1-17(2)31-12-8-19(9-13-31)26-23(32)21-16-33-24(28-21)29-22-7-3-6-20(27-22)18-5-4-11-30(15-18)14-10-25/h3,6-7,16-19H,4-5,8-9,11-15H2,1-2H3,(H,26,32)(H,27,28,29)/t18-/m1/s1. The fraction of sp³-hybridized carbons (Fsp3) is 0.583. The molecule has 0 radical (unpaired) electrons. The predicted molar refractivity (Wildman–Crippen MR) is 131 cm³/mol. The molecule has 176 valence electrons. The van der Waals surface area contributed by atoms with Crippen LogP contribution in [0.2, 0.25) is 0 Å². The normalized spacial score (nSPS) is 20.5. The molecule has 2 saturated heterocycles. The number of piperidine rings is 2. The number of rotatable bonds is 7. The number of nitrogens with one attached hydrogen (secondary N) is 2. The Morgan fingerprint density at radius 1 is 1.24 bits per heavy atom. The number of nitriles is 1. The average Bonchev–Trinajstić information content (AvgIpc) is 3.29. The molecule has 2 N–H and O–H groups in total. The van der Waals surface area contributed by atoms with Crippen LogP contribution in [0.3, 0.4) is 0 Å². The van der Waals surface area contributed by atoms with Gasteiger partial charge in [-0.25, -0.2) is 9.97 Å². The number of pyridine rings is 1. The van der Waals surface area contributed by atoms with Gasteiger partial charge in [-0.05, 0) is 58.2 Å². The Bertz CT molecular complexity index is 977. The monoisotopic (exact) mass is 467 g/mol. The summed E-state index contributed by atoms with van der Waals surface area (Å²) < 4.78 is 0. The van der Waals surface area contributed by atoms with E-state index in [0.717, 1.165) is 63.4 Å². The summed E-state index contributed by atoms with van der Waals surface area (Å²) in [5.74, 6) is 0.949. The maximum absolute atomic E-state index is 12.7. The Morgan fingerprint density at radius 3 is 2.82 bits per heavy atom. The summed E-state index contributed by atoms with van der Waals surface area (Å²) in [5.41, 5.74) is 1.48. The Hall–Kier alpha value is -2.54. The quantitative estimate of drug-likeness (QED) is 0.601. The molecule has 2 aliphatic rings. The lowest BCUT2D eigenvalue weighted by Crippen LogP contribution is -2.46. The largest absolute Gasteiger partial charge is 0.348 e. The molecule has 33 heavy (non-hydrogen) atoms. The number of likely N-dealkylation sites (tertiary alicyclic amines) is 2. The van der Waals surface area contributed by atoms with Gasteiger partial charge in [0.1, 0.15) is 11.5 Å². The number of carbonyl (C=O) groups excluding carboxylic acids is 1. The Morgan fingerprint density at radius 2 is 2.06 bits per heavy atom. The molecule has 2 aliphatic heterocycles. The molecular formula is C24H33N7OS. The van der Waals surface area contributed by atoms with Crippen molar-refractivity contribution < 1.29 is 4.79 Å². The van der Waals surface area contributed by atoms with Crippen LogP contribution in [0.25, 0.3) is 0 Å². The van der Waals surface area contributed by atoms with Gasteiger partial charge in [-0.15, -0.1) is 11.3 Å². The first-order valence-corrected chi connectivity index (χ1v) is 12.7. The number of amides is 1. The Kier molecular flexibility index (Phi) is 7.91. The zero-order valence-electron chi connectivity index (χ0n) is 19.5. The van der Waals surface area contributed by atoms with Crippen molar-refractivity contribution in [3.05, 3.63) is 35.0 Å². The van der Waals surface area contributed by atoms with E-state index in [0.29, 0.717) is 29.3 Å². The van der Waals surface area contributed by atoms with E-state index in [2.05, 4.69) is 51.4 Å². The second-order valence-corrected chi connectivity index (χ2v) is 10.1. The molecule has 2 fully saturated rings. The van der Waals surface area contributed by atoms with E-state index in [4.69, 9.17) is 10.2 Å². The first-order chi connectivity index (χ1) is 16.0. The number of nitrogens with zero attached hydrogens (tertiary/aromatic N) is 5. The lowest BCUT2D eigenvalue weighted by molar-refractivity contribution is 0.0896. The van der Waals surface area contributed by atoms with E-state index in [1.165, 1.54) is 11.3 Å². The minimum absolute atomic E-state index is 0.108. The zero-order valence-corrected chi connectivity index (χ0v) is 20.3. The maximum Gasteiger partial charge on any atom is 0.271 e. The molecule has 1 amide bonds. The van der Waals surface area contributed by atoms with Gasteiger partial charge in [-0.1, -0.05) is 6.07 Å². The third-order valence-corrected chi connectivity index (χ3v) is 7.31. The van der Waals surface area contributed by atoms with Crippen molar-refractivity contribution in [2.24, 2.45) is 0 Å². The van der Waals surface area contributed by atoms with E-state index >= 15 is 0 Å². The summed E-state index contributed by atoms with van der Waals surface area (Å²) in [6, 6.07) is 8.98. The van der Waals surface area contributed by atoms with Gasteiger partial charge in [0, 0.05) is 48.7 Å². The third kappa shape index (κ3) is 6.28. The van der Waals surface area contributed by atoms with E-state index in [-0.39, 0.29) is 11.9 Å². The molecule has 9 heteroatoms. The van der Waals surface area contributed by atoms with Gasteiger partial charge in [-0.3, -0.25) is 9.69 Å². The molecule has 0 aliphatic carbocycles. The molecule has 4 heterocycles. The van der Waals surface area contributed by atoms with Gasteiger partial charge in [0.2, 0.25) is 0 Å². The molecule has 0 aromatic carbocycles. The van der Waals surface area contributed by atoms with Crippen LogP contribution in [0.1, 0.15) is 61.6 Å². The van der Waals surface area contributed by atoms with Crippen molar-refractivity contribution in [1.29, 1.82) is 5.26 Å². The molecule has 0 bridgehead atoms. The fourth-order valence-corrected chi connectivity index (χ4v) is 5.35. The van der Waals surface area contributed by atoms with Crippen LogP contribution in [-0.4, -0.2) is 70.5 Å².